The van der Waals surface area contributed by atoms with Gasteiger partial charge < -0.3 is 20.5 Å². The van der Waals surface area contributed by atoms with Gasteiger partial charge in [0.15, 0.2) is 0 Å². The van der Waals surface area contributed by atoms with E-state index < -0.39 is 18.0 Å². The summed E-state index contributed by atoms with van der Waals surface area (Å²) in [5.41, 5.74) is 2.10. The molecule has 0 aliphatic carbocycles. The first-order valence-electron chi connectivity index (χ1n) is 6.32. The number of rotatable bonds is 7. The molecule has 0 saturated carbocycles. The van der Waals surface area contributed by atoms with Crippen molar-refractivity contribution >= 4 is 23.8 Å². The number of benzene rings is 1. The van der Waals surface area contributed by atoms with Gasteiger partial charge in [0, 0.05) is 6.54 Å². The summed E-state index contributed by atoms with van der Waals surface area (Å²) in [5, 5.41) is 15.9. The van der Waals surface area contributed by atoms with Gasteiger partial charge in [-0.1, -0.05) is 29.8 Å². The highest BCUT2D eigenvalue weighted by molar-refractivity contribution is 7.98. The fraction of sp³-hybridized carbons (Fsp3) is 0.429. The van der Waals surface area contributed by atoms with Gasteiger partial charge in [0.1, 0.15) is 0 Å². The van der Waals surface area contributed by atoms with Crippen LogP contribution in [0.1, 0.15) is 17.5 Å². The van der Waals surface area contributed by atoms with E-state index >= 15 is 0 Å². The summed E-state index contributed by atoms with van der Waals surface area (Å²) in [5.74, 6) is -0.610. The fourth-order valence-electron chi connectivity index (χ4n) is 1.58. The van der Waals surface area contributed by atoms with Crippen LogP contribution in [0.15, 0.2) is 24.3 Å². The number of nitrogens with one attached hydrogen (secondary N) is 2. The molecule has 0 aliphatic rings. The Labute approximate surface area is 123 Å². The highest BCUT2D eigenvalue weighted by atomic mass is 32.2. The maximum atomic E-state index is 11.6. The molecule has 2 amide bonds. The Morgan fingerprint density at radius 2 is 1.95 bits per heavy atom. The van der Waals surface area contributed by atoms with Crippen molar-refractivity contribution in [1.29, 1.82) is 0 Å². The van der Waals surface area contributed by atoms with Crippen LogP contribution in [0, 0.1) is 6.92 Å². The van der Waals surface area contributed by atoms with Crippen molar-refractivity contribution in [2.45, 2.75) is 25.9 Å². The number of thioether (sulfide) groups is 1. The summed E-state index contributed by atoms with van der Waals surface area (Å²) in [6.45, 7) is 2.34. The van der Waals surface area contributed by atoms with Crippen LogP contribution in [0.25, 0.3) is 0 Å². The van der Waals surface area contributed by atoms with E-state index in [4.69, 9.17) is 0 Å². The molecule has 0 fully saturated rings. The summed E-state index contributed by atoms with van der Waals surface area (Å²) in [7, 11) is 0. The van der Waals surface area contributed by atoms with Gasteiger partial charge in [0.05, 0.1) is 12.0 Å². The van der Waals surface area contributed by atoms with Crippen LogP contribution >= 0.6 is 11.8 Å². The molecule has 0 bridgehead atoms. The zero-order valence-corrected chi connectivity index (χ0v) is 12.5. The van der Waals surface area contributed by atoms with E-state index in [1.807, 2.05) is 37.4 Å². The topological polar surface area (TPSA) is 81.3 Å². The standard InChI is InChI=1S/C14H20N2O3S/c1-10-3-5-11(6-4-10)9-15-14(19)16-12(13(17)18)7-8-20-2/h3-6,12H,7-9H2,1-2H3,(H,17,18)(H2,15,16,19)/p-1/t12-/m0/s1. The van der Waals surface area contributed by atoms with Crippen LogP contribution in [0.2, 0.25) is 0 Å². The number of carboxylic acids is 1. The minimum Gasteiger partial charge on any atom is -0.548 e. The third-order valence-corrected chi connectivity index (χ3v) is 3.42. The number of hydrogen-bond acceptors (Lipinski definition) is 4. The number of aryl methyl sites for hydroxylation is 1. The molecule has 0 radical (unpaired) electrons. The quantitative estimate of drug-likeness (QED) is 0.774. The second-order valence-corrected chi connectivity index (χ2v) is 5.45. The summed E-state index contributed by atoms with van der Waals surface area (Å²) in [4.78, 5) is 22.5. The van der Waals surface area contributed by atoms with Crippen LogP contribution in [-0.4, -0.2) is 30.1 Å². The lowest BCUT2D eigenvalue weighted by atomic mass is 10.1. The Morgan fingerprint density at radius 1 is 1.30 bits per heavy atom. The highest BCUT2D eigenvalue weighted by Gasteiger charge is 2.12. The molecule has 5 nitrogen and oxygen atoms in total. The number of urea groups is 1. The van der Waals surface area contributed by atoms with Crippen molar-refractivity contribution in [1.82, 2.24) is 10.6 Å². The number of amides is 2. The molecule has 20 heavy (non-hydrogen) atoms. The second kappa shape index (κ2) is 8.47. The summed E-state index contributed by atoms with van der Waals surface area (Å²) < 4.78 is 0. The average Bonchev–Trinajstić information content (AvgIpc) is 2.42. The third-order valence-electron chi connectivity index (χ3n) is 2.77. The van der Waals surface area contributed by atoms with Gasteiger partial charge in [-0.2, -0.15) is 11.8 Å². The first kappa shape index (κ1) is 16.4. The first-order chi connectivity index (χ1) is 9.52. The van der Waals surface area contributed by atoms with E-state index in [1.54, 1.807) is 0 Å². The Hall–Kier alpha value is -1.69. The molecule has 0 aromatic heterocycles. The van der Waals surface area contributed by atoms with Gasteiger partial charge in [0.2, 0.25) is 0 Å². The lowest BCUT2D eigenvalue weighted by Gasteiger charge is -2.19. The molecule has 0 heterocycles. The third kappa shape index (κ3) is 5.97. The average molecular weight is 295 g/mol. The monoisotopic (exact) mass is 295 g/mol. The number of hydrogen-bond donors (Lipinski definition) is 2. The molecular weight excluding hydrogens is 276 g/mol. The van der Waals surface area contributed by atoms with Crippen LogP contribution < -0.4 is 15.7 Å². The largest absolute Gasteiger partial charge is 0.548 e. The fourth-order valence-corrected chi connectivity index (χ4v) is 2.05. The van der Waals surface area contributed by atoms with E-state index in [1.165, 1.54) is 11.8 Å². The molecule has 6 heteroatoms. The summed E-state index contributed by atoms with van der Waals surface area (Å²) >= 11 is 1.52. The van der Waals surface area contributed by atoms with Gasteiger partial charge in [-0.05, 0) is 30.9 Å². The molecular formula is C14H19N2O3S-. The Bertz CT molecular complexity index is 448. The SMILES string of the molecule is CSCC[C@H](NC(=O)NCc1ccc(C)cc1)C(=O)[O-]. The Morgan fingerprint density at radius 3 is 2.50 bits per heavy atom. The number of carbonyl (C=O) groups is 2. The minimum absolute atomic E-state index is 0.349. The molecule has 1 aromatic rings. The molecule has 0 saturated heterocycles. The Kier molecular flexibility index (Phi) is 6.93. The van der Waals surface area contributed by atoms with Gasteiger partial charge in [-0.15, -0.1) is 0 Å². The second-order valence-electron chi connectivity index (χ2n) is 4.47. The van der Waals surface area contributed by atoms with Crippen molar-refractivity contribution in [2.24, 2.45) is 0 Å². The minimum atomic E-state index is -1.26. The van der Waals surface area contributed by atoms with Crippen molar-refractivity contribution < 1.29 is 14.7 Å². The molecule has 0 aliphatic heterocycles. The summed E-state index contributed by atoms with van der Waals surface area (Å²) in [6, 6.07) is 6.29. The van der Waals surface area contributed by atoms with Crippen molar-refractivity contribution in [3.05, 3.63) is 35.4 Å². The normalized spacial score (nSPS) is 11.7. The predicted molar refractivity (Wildman–Crippen MR) is 78.3 cm³/mol. The molecule has 1 rings (SSSR count). The molecule has 0 unspecified atom stereocenters. The zero-order valence-electron chi connectivity index (χ0n) is 11.6. The van der Waals surface area contributed by atoms with Gasteiger partial charge in [-0.3, -0.25) is 0 Å². The van der Waals surface area contributed by atoms with E-state index in [2.05, 4.69) is 10.6 Å². The molecule has 2 N–H and O–H groups in total. The maximum absolute atomic E-state index is 11.6. The first-order valence-corrected chi connectivity index (χ1v) is 7.72. The predicted octanol–water partition coefficient (Wildman–Crippen LogP) is 0.666. The zero-order chi connectivity index (χ0) is 15.0. The maximum Gasteiger partial charge on any atom is 0.315 e. The van der Waals surface area contributed by atoms with E-state index in [0.29, 0.717) is 18.7 Å². The molecule has 1 aromatic carbocycles. The van der Waals surface area contributed by atoms with Gasteiger partial charge >= 0.3 is 6.03 Å². The van der Waals surface area contributed by atoms with Crippen molar-refractivity contribution in [3.8, 4) is 0 Å². The van der Waals surface area contributed by atoms with E-state index in [9.17, 15) is 14.7 Å². The van der Waals surface area contributed by atoms with Crippen LogP contribution in [0.5, 0.6) is 0 Å². The number of carbonyl (C=O) groups excluding carboxylic acids is 2. The highest BCUT2D eigenvalue weighted by Crippen LogP contribution is 2.03. The smallest absolute Gasteiger partial charge is 0.315 e. The van der Waals surface area contributed by atoms with Gasteiger partial charge in [-0.25, -0.2) is 4.79 Å². The molecule has 1 atom stereocenters. The summed E-state index contributed by atoms with van der Waals surface area (Å²) in [6.07, 6.45) is 2.23. The molecule has 110 valence electrons. The lowest BCUT2D eigenvalue weighted by Crippen LogP contribution is -2.51. The van der Waals surface area contributed by atoms with E-state index in [0.717, 1.165) is 11.1 Å². The van der Waals surface area contributed by atoms with Gasteiger partial charge in [0.25, 0.3) is 0 Å². The number of aliphatic carboxylic acids is 1. The van der Waals surface area contributed by atoms with Crippen LogP contribution in [-0.2, 0) is 11.3 Å². The Balaban J connectivity index is 2.41. The molecule has 0 spiro atoms. The van der Waals surface area contributed by atoms with Crippen molar-refractivity contribution in [3.63, 3.8) is 0 Å². The van der Waals surface area contributed by atoms with Crippen molar-refractivity contribution in [2.75, 3.05) is 12.0 Å². The number of carboxylic acid groups (broad SMARTS) is 1. The van der Waals surface area contributed by atoms with Crippen LogP contribution in [0.3, 0.4) is 0 Å². The van der Waals surface area contributed by atoms with Crippen LogP contribution in [0.4, 0.5) is 4.79 Å². The van der Waals surface area contributed by atoms with E-state index in [-0.39, 0.29) is 0 Å². The lowest BCUT2D eigenvalue weighted by molar-refractivity contribution is -0.308.